The van der Waals surface area contributed by atoms with E-state index in [0.29, 0.717) is 6.54 Å². The molecule has 2 aromatic carbocycles. The largest absolute Gasteiger partial charge is 0.350 e. The second-order valence-electron chi connectivity index (χ2n) is 7.09. The smallest absolute Gasteiger partial charge is 0.323 e. The van der Waals surface area contributed by atoms with Gasteiger partial charge in [-0.15, -0.1) is 0 Å². The fourth-order valence-electron chi connectivity index (χ4n) is 3.57. The van der Waals surface area contributed by atoms with E-state index in [0.717, 1.165) is 47.0 Å². The Labute approximate surface area is 168 Å². The van der Waals surface area contributed by atoms with Crippen LogP contribution in [0.3, 0.4) is 0 Å². The Kier molecular flexibility index (Phi) is 5.12. The zero-order chi connectivity index (χ0) is 20.4. The van der Waals surface area contributed by atoms with Crippen LogP contribution in [0.1, 0.15) is 22.5 Å². The second-order valence-corrected chi connectivity index (χ2v) is 7.09. The zero-order valence-electron chi connectivity index (χ0n) is 16.4. The number of urea groups is 1. The maximum absolute atomic E-state index is 13.8. The molecule has 0 radical (unpaired) electrons. The average Bonchev–Trinajstić information content (AvgIpc) is 2.71. The van der Waals surface area contributed by atoms with Gasteiger partial charge in [-0.1, -0.05) is 24.3 Å². The summed E-state index contributed by atoms with van der Waals surface area (Å²) in [4.78, 5) is 23.6. The highest BCUT2D eigenvalue weighted by molar-refractivity contribution is 6.00. The minimum Gasteiger partial charge on any atom is -0.350 e. The first-order valence-corrected chi connectivity index (χ1v) is 9.50. The van der Waals surface area contributed by atoms with Crippen molar-refractivity contribution >= 4 is 23.2 Å². The molecule has 0 saturated heterocycles. The van der Waals surface area contributed by atoms with E-state index in [1.807, 2.05) is 26.0 Å². The summed E-state index contributed by atoms with van der Waals surface area (Å²) in [5.74, 6) is 0.425. The van der Waals surface area contributed by atoms with Crippen LogP contribution in [0.2, 0.25) is 0 Å². The molecule has 6 nitrogen and oxygen atoms in total. The number of nitrogens with one attached hydrogen (secondary N) is 2. The molecule has 0 unspecified atom stereocenters. The molecule has 3 aromatic rings. The van der Waals surface area contributed by atoms with Gasteiger partial charge in [-0.3, -0.25) is 4.98 Å². The summed E-state index contributed by atoms with van der Waals surface area (Å²) < 4.78 is 13.8. The van der Waals surface area contributed by atoms with Gasteiger partial charge in [0.05, 0.1) is 17.1 Å². The summed E-state index contributed by atoms with van der Waals surface area (Å²) in [5.41, 5.74) is 4.89. The van der Waals surface area contributed by atoms with Crippen molar-refractivity contribution in [1.29, 1.82) is 0 Å². The van der Waals surface area contributed by atoms with E-state index in [4.69, 9.17) is 0 Å². The van der Waals surface area contributed by atoms with Crippen molar-refractivity contribution in [3.05, 3.63) is 77.0 Å². The molecule has 148 valence electrons. The Morgan fingerprint density at radius 2 is 1.83 bits per heavy atom. The highest BCUT2D eigenvalue weighted by atomic mass is 19.1. The molecule has 2 heterocycles. The van der Waals surface area contributed by atoms with E-state index < -0.39 is 11.8 Å². The first-order chi connectivity index (χ1) is 14.0. The Morgan fingerprint density at radius 1 is 1.07 bits per heavy atom. The number of para-hydroxylation sites is 1. The number of fused-ring (bicyclic) bond motifs is 1. The van der Waals surface area contributed by atoms with E-state index >= 15 is 0 Å². The monoisotopic (exact) mass is 391 g/mol. The van der Waals surface area contributed by atoms with E-state index in [2.05, 4.69) is 31.6 Å². The molecule has 4 rings (SSSR count). The Morgan fingerprint density at radius 3 is 2.66 bits per heavy atom. The topological polar surface area (TPSA) is 70.2 Å². The number of aromatic nitrogens is 2. The van der Waals surface area contributed by atoms with Crippen LogP contribution in [0.5, 0.6) is 0 Å². The predicted octanol–water partition coefficient (Wildman–Crippen LogP) is 4.44. The molecule has 1 aliphatic heterocycles. The number of anilines is 3. The van der Waals surface area contributed by atoms with Crippen LogP contribution in [0.25, 0.3) is 0 Å². The summed E-state index contributed by atoms with van der Waals surface area (Å²) in [6.07, 6.45) is 2.54. The van der Waals surface area contributed by atoms with Crippen molar-refractivity contribution in [3.63, 3.8) is 0 Å². The van der Waals surface area contributed by atoms with Crippen LogP contribution < -0.4 is 15.5 Å². The summed E-state index contributed by atoms with van der Waals surface area (Å²) in [5, 5.41) is 5.42. The lowest BCUT2D eigenvalue weighted by Gasteiger charge is -2.31. The molecule has 1 aliphatic rings. The number of carbonyl (C=O) groups is 1. The Bertz CT molecular complexity index is 1070. The molecule has 0 spiro atoms. The van der Waals surface area contributed by atoms with Gasteiger partial charge in [0.1, 0.15) is 5.82 Å². The average molecular weight is 391 g/mol. The van der Waals surface area contributed by atoms with E-state index in [1.54, 1.807) is 18.3 Å². The molecular weight excluding hydrogens is 369 g/mol. The number of hydrogen-bond donors (Lipinski definition) is 2. The van der Waals surface area contributed by atoms with Gasteiger partial charge in [-0.2, -0.15) is 0 Å². The van der Waals surface area contributed by atoms with Crippen LogP contribution in [-0.4, -0.2) is 22.5 Å². The fourth-order valence-corrected chi connectivity index (χ4v) is 3.57. The van der Waals surface area contributed by atoms with E-state index in [9.17, 15) is 9.18 Å². The molecule has 2 N–H and O–H groups in total. The minimum absolute atomic E-state index is 0.148. The molecule has 0 bridgehead atoms. The van der Waals surface area contributed by atoms with Crippen molar-refractivity contribution in [2.75, 3.05) is 22.1 Å². The zero-order valence-corrected chi connectivity index (χ0v) is 16.4. The normalized spacial score (nSPS) is 13.0. The standard InChI is InChI=1S/C22H22FN5O/c1-14-12-24-15(2)21(25-14)28-11-10-17-16(13-28)6-5-9-19(17)26-22(29)27-20-8-4-3-7-18(20)23/h3-9,12H,10-11,13H2,1-2H3,(H2,26,27,29). The number of carbonyl (C=O) groups excluding carboxylic acids is 1. The SMILES string of the molecule is Cc1cnc(C)c(N2CCc3c(cccc3NC(=O)Nc3ccccc3F)C2)n1. The van der Waals surface area contributed by atoms with Crippen LogP contribution in [0, 0.1) is 19.7 Å². The molecule has 0 saturated carbocycles. The van der Waals surface area contributed by atoms with Gasteiger partial charge >= 0.3 is 6.03 Å². The molecule has 0 atom stereocenters. The van der Waals surface area contributed by atoms with Crippen molar-refractivity contribution < 1.29 is 9.18 Å². The Balaban J connectivity index is 1.52. The highest BCUT2D eigenvalue weighted by Crippen LogP contribution is 2.29. The maximum atomic E-state index is 13.8. The van der Waals surface area contributed by atoms with Crippen LogP contribution >= 0.6 is 0 Å². The van der Waals surface area contributed by atoms with Gasteiger partial charge in [0.15, 0.2) is 5.82 Å². The predicted molar refractivity (Wildman–Crippen MR) is 112 cm³/mol. The van der Waals surface area contributed by atoms with Crippen molar-refractivity contribution in [3.8, 4) is 0 Å². The number of amides is 2. The number of rotatable bonds is 3. The van der Waals surface area contributed by atoms with Gasteiger partial charge < -0.3 is 15.5 Å². The summed E-state index contributed by atoms with van der Waals surface area (Å²) in [6.45, 7) is 5.37. The summed E-state index contributed by atoms with van der Waals surface area (Å²) in [6, 6.07) is 11.5. The fraction of sp³-hybridized carbons (Fsp3) is 0.227. The lowest BCUT2D eigenvalue weighted by Crippen LogP contribution is -2.33. The lowest BCUT2D eigenvalue weighted by molar-refractivity contribution is 0.262. The minimum atomic E-state index is -0.469. The lowest BCUT2D eigenvalue weighted by atomic mass is 9.97. The number of hydrogen-bond acceptors (Lipinski definition) is 4. The van der Waals surface area contributed by atoms with Crippen LogP contribution in [-0.2, 0) is 13.0 Å². The Hall–Kier alpha value is -3.48. The molecule has 2 amide bonds. The quantitative estimate of drug-likeness (QED) is 0.693. The number of nitrogens with zero attached hydrogens (tertiary/aromatic N) is 3. The molecule has 29 heavy (non-hydrogen) atoms. The molecule has 1 aromatic heterocycles. The molecule has 7 heteroatoms. The summed E-state index contributed by atoms with van der Waals surface area (Å²) in [7, 11) is 0. The van der Waals surface area contributed by atoms with Crippen molar-refractivity contribution in [1.82, 2.24) is 9.97 Å². The van der Waals surface area contributed by atoms with E-state index in [1.165, 1.54) is 12.1 Å². The second kappa shape index (κ2) is 7.87. The third kappa shape index (κ3) is 4.03. The van der Waals surface area contributed by atoms with Crippen molar-refractivity contribution in [2.24, 2.45) is 0 Å². The van der Waals surface area contributed by atoms with Crippen molar-refractivity contribution in [2.45, 2.75) is 26.8 Å². The third-order valence-electron chi connectivity index (χ3n) is 4.99. The van der Waals surface area contributed by atoms with Crippen LogP contribution in [0.15, 0.2) is 48.7 Å². The first kappa shape index (κ1) is 18.9. The van der Waals surface area contributed by atoms with Gasteiger partial charge in [-0.05, 0) is 49.6 Å². The molecule has 0 aliphatic carbocycles. The number of halogens is 1. The molecular formula is C22H22FN5O. The van der Waals surface area contributed by atoms with Gasteiger partial charge in [0.25, 0.3) is 0 Å². The third-order valence-corrected chi connectivity index (χ3v) is 4.99. The van der Waals surface area contributed by atoms with E-state index in [-0.39, 0.29) is 5.69 Å². The van der Waals surface area contributed by atoms with Gasteiger partial charge in [0, 0.05) is 25.0 Å². The maximum Gasteiger partial charge on any atom is 0.323 e. The summed E-state index contributed by atoms with van der Waals surface area (Å²) >= 11 is 0. The van der Waals surface area contributed by atoms with Gasteiger partial charge in [-0.25, -0.2) is 14.2 Å². The first-order valence-electron chi connectivity index (χ1n) is 9.50. The highest BCUT2D eigenvalue weighted by Gasteiger charge is 2.22. The number of aryl methyl sites for hydroxylation is 2. The van der Waals surface area contributed by atoms with Crippen LogP contribution in [0.4, 0.5) is 26.4 Å². The number of benzene rings is 2. The molecule has 0 fully saturated rings. The van der Waals surface area contributed by atoms with Gasteiger partial charge in [0.2, 0.25) is 0 Å².